The molecule has 1 fully saturated rings. The summed E-state index contributed by atoms with van der Waals surface area (Å²) in [7, 11) is 0. The van der Waals surface area contributed by atoms with Crippen LogP contribution in [0.4, 0.5) is 0 Å². The molecule has 1 aliphatic heterocycles. The molecule has 4 nitrogen and oxygen atoms in total. The lowest BCUT2D eigenvalue weighted by molar-refractivity contribution is 0.0971. The fraction of sp³-hybridized carbons (Fsp3) is 0.556. The van der Waals surface area contributed by atoms with Gasteiger partial charge in [0.05, 0.1) is 6.61 Å². The van der Waals surface area contributed by atoms with Crippen molar-refractivity contribution in [1.82, 2.24) is 10.2 Å². The minimum Gasteiger partial charge on any atom is -0.493 e. The topological polar surface area (TPSA) is 41.6 Å². The van der Waals surface area contributed by atoms with Gasteiger partial charge in [0.15, 0.2) is 5.11 Å². The van der Waals surface area contributed by atoms with E-state index >= 15 is 0 Å². The summed E-state index contributed by atoms with van der Waals surface area (Å²) in [5, 5.41) is 3.36. The van der Waals surface area contributed by atoms with E-state index in [4.69, 9.17) is 17.0 Å². The Morgan fingerprint density at radius 2 is 2.09 bits per heavy atom. The first kappa shape index (κ1) is 17.7. The predicted octanol–water partition coefficient (Wildman–Crippen LogP) is 3.47. The molecule has 1 heterocycles. The quantitative estimate of drug-likeness (QED) is 0.856. The molecule has 1 N–H and O–H groups in total. The lowest BCUT2D eigenvalue weighted by Crippen LogP contribution is -2.46. The van der Waals surface area contributed by atoms with Crippen molar-refractivity contribution in [2.45, 2.75) is 33.6 Å². The second kappa shape index (κ2) is 8.29. The van der Waals surface area contributed by atoms with Crippen LogP contribution in [0.1, 0.15) is 44.0 Å². The van der Waals surface area contributed by atoms with Crippen molar-refractivity contribution in [2.24, 2.45) is 11.8 Å². The summed E-state index contributed by atoms with van der Waals surface area (Å²) in [4.78, 5) is 14.4. The predicted molar refractivity (Wildman–Crippen MR) is 96.8 cm³/mol. The van der Waals surface area contributed by atoms with Gasteiger partial charge in [-0.15, -0.1) is 0 Å². The molecule has 0 radical (unpaired) electrons. The number of amides is 1. The number of likely N-dealkylation sites (tertiary alicyclic amines) is 1. The van der Waals surface area contributed by atoms with Gasteiger partial charge in [-0.2, -0.15) is 0 Å². The van der Waals surface area contributed by atoms with Gasteiger partial charge in [0.25, 0.3) is 5.91 Å². The zero-order valence-electron chi connectivity index (χ0n) is 14.2. The lowest BCUT2D eigenvalue weighted by atomic mass is 10.00. The summed E-state index contributed by atoms with van der Waals surface area (Å²) < 4.78 is 5.67. The molecule has 0 aliphatic carbocycles. The third-order valence-electron chi connectivity index (χ3n) is 3.97. The standard InChI is InChI=1S/C18H26N2O2S/c1-13(2)12-22-16-6-4-5-15(11-16)17(21)19-18(23)20-9-7-14(3)8-10-20/h4-6,11,13-14H,7-10,12H2,1-3H3,(H,19,21,23). The van der Waals surface area contributed by atoms with Crippen LogP contribution in [0.25, 0.3) is 0 Å². The van der Waals surface area contributed by atoms with Gasteiger partial charge in [0, 0.05) is 18.7 Å². The first-order valence-electron chi connectivity index (χ1n) is 8.29. The molecule has 2 rings (SSSR count). The molecule has 1 amide bonds. The summed E-state index contributed by atoms with van der Waals surface area (Å²) in [5.41, 5.74) is 0.569. The zero-order chi connectivity index (χ0) is 16.8. The van der Waals surface area contributed by atoms with Crippen LogP contribution in [0.3, 0.4) is 0 Å². The summed E-state index contributed by atoms with van der Waals surface area (Å²) >= 11 is 5.37. The largest absolute Gasteiger partial charge is 0.493 e. The van der Waals surface area contributed by atoms with E-state index in [1.54, 1.807) is 12.1 Å². The van der Waals surface area contributed by atoms with Crippen molar-refractivity contribution >= 4 is 23.2 Å². The van der Waals surface area contributed by atoms with E-state index in [9.17, 15) is 4.79 Å². The van der Waals surface area contributed by atoms with Gasteiger partial charge in [0.1, 0.15) is 5.75 Å². The number of hydrogen-bond donors (Lipinski definition) is 1. The highest BCUT2D eigenvalue weighted by Crippen LogP contribution is 2.17. The molecular formula is C18H26N2O2S. The van der Waals surface area contributed by atoms with E-state index < -0.39 is 0 Å². The van der Waals surface area contributed by atoms with Gasteiger partial charge in [-0.25, -0.2) is 0 Å². The molecule has 5 heteroatoms. The maximum atomic E-state index is 12.4. The normalized spacial score (nSPS) is 15.6. The second-order valence-electron chi connectivity index (χ2n) is 6.66. The highest BCUT2D eigenvalue weighted by atomic mass is 32.1. The summed E-state index contributed by atoms with van der Waals surface area (Å²) in [5.74, 6) is 1.72. The van der Waals surface area contributed by atoms with Crippen molar-refractivity contribution < 1.29 is 9.53 Å². The number of carbonyl (C=O) groups excluding carboxylic acids is 1. The fourth-order valence-corrected chi connectivity index (χ4v) is 2.73. The van der Waals surface area contributed by atoms with E-state index in [2.05, 4.69) is 31.0 Å². The monoisotopic (exact) mass is 334 g/mol. The summed E-state index contributed by atoms with van der Waals surface area (Å²) in [6.07, 6.45) is 2.24. The molecule has 0 saturated carbocycles. The first-order valence-corrected chi connectivity index (χ1v) is 8.69. The number of rotatable bonds is 4. The molecule has 0 bridgehead atoms. The highest BCUT2D eigenvalue weighted by molar-refractivity contribution is 7.80. The molecule has 0 aromatic heterocycles. The number of ether oxygens (including phenoxy) is 1. The van der Waals surface area contributed by atoms with E-state index in [0.29, 0.717) is 29.0 Å². The Morgan fingerprint density at radius 3 is 2.74 bits per heavy atom. The molecule has 23 heavy (non-hydrogen) atoms. The van der Waals surface area contributed by atoms with Gasteiger partial charge in [0.2, 0.25) is 0 Å². The number of nitrogens with zero attached hydrogens (tertiary/aromatic N) is 1. The van der Waals surface area contributed by atoms with Crippen LogP contribution in [0.2, 0.25) is 0 Å². The molecular weight excluding hydrogens is 308 g/mol. The SMILES string of the molecule is CC(C)COc1cccc(C(=O)NC(=S)N2CCC(C)CC2)c1. The summed E-state index contributed by atoms with van der Waals surface area (Å²) in [6, 6.07) is 7.23. The molecule has 1 aliphatic rings. The second-order valence-corrected chi connectivity index (χ2v) is 7.05. The van der Waals surface area contributed by atoms with Crippen LogP contribution in [-0.4, -0.2) is 35.6 Å². The molecule has 0 unspecified atom stereocenters. The van der Waals surface area contributed by atoms with Crippen LogP contribution in [0.5, 0.6) is 5.75 Å². The van der Waals surface area contributed by atoms with Gasteiger partial charge >= 0.3 is 0 Å². The van der Waals surface area contributed by atoms with Gasteiger partial charge in [-0.3, -0.25) is 10.1 Å². The Morgan fingerprint density at radius 1 is 1.39 bits per heavy atom. The molecule has 126 valence electrons. The first-order chi connectivity index (χ1) is 11.0. The van der Waals surface area contributed by atoms with Gasteiger partial charge < -0.3 is 9.64 Å². The third kappa shape index (κ3) is 5.50. The maximum absolute atomic E-state index is 12.4. The lowest BCUT2D eigenvalue weighted by Gasteiger charge is -2.32. The van der Waals surface area contributed by atoms with Crippen molar-refractivity contribution in [1.29, 1.82) is 0 Å². The van der Waals surface area contributed by atoms with Crippen molar-refractivity contribution in [3.63, 3.8) is 0 Å². The van der Waals surface area contributed by atoms with E-state index in [0.717, 1.165) is 31.8 Å². The molecule has 1 aromatic rings. The zero-order valence-corrected chi connectivity index (χ0v) is 15.0. The third-order valence-corrected chi connectivity index (χ3v) is 4.33. The van der Waals surface area contributed by atoms with Crippen LogP contribution in [-0.2, 0) is 0 Å². The Balaban J connectivity index is 1.92. The number of nitrogens with one attached hydrogen (secondary N) is 1. The fourth-order valence-electron chi connectivity index (χ4n) is 2.45. The van der Waals surface area contributed by atoms with E-state index in [1.165, 1.54) is 0 Å². The van der Waals surface area contributed by atoms with Crippen LogP contribution in [0, 0.1) is 11.8 Å². The van der Waals surface area contributed by atoms with Crippen molar-refractivity contribution in [3.05, 3.63) is 29.8 Å². The van der Waals surface area contributed by atoms with Crippen molar-refractivity contribution in [3.8, 4) is 5.75 Å². The summed E-state index contributed by atoms with van der Waals surface area (Å²) in [6.45, 7) is 8.90. The van der Waals surface area contributed by atoms with Gasteiger partial charge in [-0.05, 0) is 55.1 Å². The van der Waals surface area contributed by atoms with Crippen molar-refractivity contribution in [2.75, 3.05) is 19.7 Å². The van der Waals surface area contributed by atoms with Crippen LogP contribution < -0.4 is 10.1 Å². The number of carbonyl (C=O) groups is 1. The van der Waals surface area contributed by atoms with E-state index in [1.807, 2.05) is 12.1 Å². The maximum Gasteiger partial charge on any atom is 0.257 e. The highest BCUT2D eigenvalue weighted by Gasteiger charge is 2.19. The Kier molecular flexibility index (Phi) is 6.39. The Labute approximate surface area is 144 Å². The Hall–Kier alpha value is -1.62. The minimum atomic E-state index is -0.177. The number of benzene rings is 1. The van der Waals surface area contributed by atoms with E-state index in [-0.39, 0.29) is 5.91 Å². The van der Waals surface area contributed by atoms with Gasteiger partial charge in [-0.1, -0.05) is 26.8 Å². The molecule has 1 saturated heterocycles. The average molecular weight is 334 g/mol. The molecule has 0 atom stereocenters. The number of hydrogen-bond acceptors (Lipinski definition) is 3. The van der Waals surface area contributed by atoms with Crippen LogP contribution in [0.15, 0.2) is 24.3 Å². The number of piperidine rings is 1. The average Bonchev–Trinajstić information content (AvgIpc) is 2.53. The molecule has 0 spiro atoms. The Bertz CT molecular complexity index is 552. The smallest absolute Gasteiger partial charge is 0.257 e. The number of thiocarbonyl (C=S) groups is 1. The van der Waals surface area contributed by atoms with Crippen LogP contribution >= 0.6 is 12.2 Å². The minimum absolute atomic E-state index is 0.177. The molecule has 1 aromatic carbocycles.